The molecule has 0 unspecified atom stereocenters. The van der Waals surface area contributed by atoms with Gasteiger partial charge in [0.2, 0.25) is 0 Å². The Kier molecular flexibility index (Phi) is 20.5. The lowest BCUT2D eigenvalue weighted by Crippen LogP contribution is -2.40. The number of hydrogen-bond donors (Lipinski definition) is 0. The van der Waals surface area contributed by atoms with Gasteiger partial charge >= 0.3 is 17.9 Å². The predicted molar refractivity (Wildman–Crippen MR) is 154 cm³/mol. The summed E-state index contributed by atoms with van der Waals surface area (Å²) in [5, 5.41) is 0. The standard InChI is InChI=1S/C31H44O11/c1-4-40-28(32)14-19-37-24-31(25-38-20-15-29(33)41-5-2,26-39-21-16-30(34)42-6-3)23-36-18-11-10-17-35-22-27-12-8-7-9-13-27/h7-9,12-16,19-21H,4-6,10-11,17-18,22-26H2,1-3H3/b19-14-,20-15+,21-16+. The Morgan fingerprint density at radius 1 is 0.619 bits per heavy atom. The zero-order valence-corrected chi connectivity index (χ0v) is 24.8. The van der Waals surface area contributed by atoms with Crippen LogP contribution in [0.5, 0.6) is 0 Å². The maximum atomic E-state index is 11.6. The molecule has 0 heterocycles. The second-order valence-corrected chi connectivity index (χ2v) is 8.90. The van der Waals surface area contributed by atoms with Crippen LogP contribution in [0.1, 0.15) is 39.2 Å². The third-order valence-corrected chi connectivity index (χ3v) is 5.28. The van der Waals surface area contributed by atoms with Gasteiger partial charge in [-0.15, -0.1) is 0 Å². The van der Waals surface area contributed by atoms with Crippen LogP contribution in [-0.4, -0.2) is 77.4 Å². The molecule has 234 valence electrons. The molecule has 0 spiro atoms. The fourth-order valence-corrected chi connectivity index (χ4v) is 3.27. The minimum absolute atomic E-state index is 0.0174. The van der Waals surface area contributed by atoms with E-state index in [1.807, 2.05) is 30.3 Å². The van der Waals surface area contributed by atoms with Gasteiger partial charge in [0.25, 0.3) is 0 Å². The number of ether oxygens (including phenoxy) is 8. The first kappa shape index (κ1) is 36.2. The van der Waals surface area contributed by atoms with Gasteiger partial charge in [-0.2, -0.15) is 0 Å². The van der Waals surface area contributed by atoms with E-state index in [-0.39, 0.29) is 46.2 Å². The lowest BCUT2D eigenvalue weighted by Gasteiger charge is -2.31. The highest BCUT2D eigenvalue weighted by Crippen LogP contribution is 2.22. The van der Waals surface area contributed by atoms with E-state index in [0.717, 1.165) is 36.6 Å². The molecule has 0 aromatic heterocycles. The minimum atomic E-state index is -0.902. The van der Waals surface area contributed by atoms with E-state index >= 15 is 0 Å². The molecule has 0 aliphatic carbocycles. The summed E-state index contributed by atoms with van der Waals surface area (Å²) >= 11 is 0. The van der Waals surface area contributed by atoms with Gasteiger partial charge in [0.05, 0.1) is 75.5 Å². The Balaban J connectivity index is 2.79. The van der Waals surface area contributed by atoms with E-state index in [2.05, 4.69) is 0 Å². The molecule has 0 bridgehead atoms. The average Bonchev–Trinajstić information content (AvgIpc) is 2.98. The zero-order valence-electron chi connectivity index (χ0n) is 24.8. The molecule has 0 saturated heterocycles. The van der Waals surface area contributed by atoms with Crippen LogP contribution in [0.15, 0.2) is 67.3 Å². The van der Waals surface area contributed by atoms with Gasteiger partial charge in [-0.3, -0.25) is 0 Å². The Morgan fingerprint density at radius 2 is 1.05 bits per heavy atom. The van der Waals surface area contributed by atoms with Crippen molar-refractivity contribution in [1.82, 2.24) is 0 Å². The van der Waals surface area contributed by atoms with Crippen LogP contribution in [0.3, 0.4) is 0 Å². The topological polar surface area (TPSA) is 125 Å². The van der Waals surface area contributed by atoms with Gasteiger partial charge in [0.15, 0.2) is 0 Å². The highest BCUT2D eigenvalue weighted by atomic mass is 16.5. The highest BCUT2D eigenvalue weighted by molar-refractivity contribution is 5.82. The molecule has 0 fully saturated rings. The largest absolute Gasteiger partial charge is 0.500 e. The summed E-state index contributed by atoms with van der Waals surface area (Å²) < 4.78 is 43.2. The lowest BCUT2D eigenvalue weighted by atomic mass is 9.92. The molecule has 0 amide bonds. The van der Waals surface area contributed by atoms with Gasteiger partial charge in [0.1, 0.15) is 19.8 Å². The summed E-state index contributed by atoms with van der Waals surface area (Å²) in [6.45, 7) is 7.59. The normalized spacial score (nSPS) is 11.6. The summed E-state index contributed by atoms with van der Waals surface area (Å²) in [7, 11) is 0. The smallest absolute Gasteiger partial charge is 0.333 e. The molecule has 0 radical (unpaired) electrons. The molecule has 11 heteroatoms. The van der Waals surface area contributed by atoms with Gasteiger partial charge in [0, 0.05) is 13.2 Å². The van der Waals surface area contributed by atoms with Crippen molar-refractivity contribution in [2.45, 2.75) is 40.2 Å². The van der Waals surface area contributed by atoms with Crippen LogP contribution in [-0.2, 0) is 58.9 Å². The van der Waals surface area contributed by atoms with Gasteiger partial charge in [-0.25, -0.2) is 14.4 Å². The SMILES string of the molecule is CCOC(=O)/C=C\OCC(CO/C=C/C(=O)OCC)(CO/C=C/C(=O)OCC)COCCCCOCc1ccccc1. The summed E-state index contributed by atoms with van der Waals surface area (Å²) in [5.74, 6) is -1.64. The van der Waals surface area contributed by atoms with E-state index < -0.39 is 23.3 Å². The zero-order chi connectivity index (χ0) is 30.7. The number of rotatable bonds is 24. The first-order chi connectivity index (χ1) is 20.4. The summed E-state index contributed by atoms with van der Waals surface area (Å²) in [6.07, 6.45) is 8.70. The molecule has 1 rings (SSSR count). The van der Waals surface area contributed by atoms with Crippen LogP contribution in [0.2, 0.25) is 0 Å². The monoisotopic (exact) mass is 592 g/mol. The summed E-state index contributed by atoms with van der Waals surface area (Å²) in [5.41, 5.74) is 0.213. The minimum Gasteiger partial charge on any atom is -0.500 e. The molecule has 0 aliphatic heterocycles. The maximum absolute atomic E-state index is 11.6. The molecule has 0 saturated carbocycles. The second-order valence-electron chi connectivity index (χ2n) is 8.90. The molecule has 0 atom stereocenters. The first-order valence-corrected chi connectivity index (χ1v) is 14.0. The molecule has 0 N–H and O–H groups in total. The van der Waals surface area contributed by atoms with Crippen molar-refractivity contribution < 1.29 is 52.3 Å². The van der Waals surface area contributed by atoms with Crippen LogP contribution in [0.25, 0.3) is 0 Å². The van der Waals surface area contributed by atoms with Gasteiger partial charge in [-0.1, -0.05) is 30.3 Å². The quantitative estimate of drug-likeness (QED) is 0.0562. The highest BCUT2D eigenvalue weighted by Gasteiger charge is 2.34. The molecule has 11 nitrogen and oxygen atoms in total. The molecular formula is C31H44O11. The second kappa shape index (κ2) is 23.8. The van der Waals surface area contributed by atoms with E-state index in [0.29, 0.717) is 19.8 Å². The molecule has 42 heavy (non-hydrogen) atoms. The fraction of sp³-hybridized carbons (Fsp3) is 0.516. The van der Waals surface area contributed by atoms with E-state index in [9.17, 15) is 14.4 Å². The Bertz CT molecular complexity index is 878. The number of hydrogen-bond acceptors (Lipinski definition) is 11. The fourth-order valence-electron chi connectivity index (χ4n) is 3.27. The van der Waals surface area contributed by atoms with Crippen LogP contribution < -0.4 is 0 Å². The van der Waals surface area contributed by atoms with Crippen molar-refractivity contribution in [3.63, 3.8) is 0 Å². The Morgan fingerprint density at radius 3 is 1.48 bits per heavy atom. The third-order valence-electron chi connectivity index (χ3n) is 5.28. The lowest BCUT2D eigenvalue weighted by molar-refractivity contribution is -0.138. The maximum Gasteiger partial charge on any atom is 0.333 e. The van der Waals surface area contributed by atoms with Crippen molar-refractivity contribution >= 4 is 17.9 Å². The van der Waals surface area contributed by atoms with Crippen LogP contribution in [0.4, 0.5) is 0 Å². The molecule has 0 aliphatic rings. The molecule has 1 aromatic carbocycles. The van der Waals surface area contributed by atoms with E-state index in [4.69, 9.17) is 37.9 Å². The van der Waals surface area contributed by atoms with Gasteiger partial charge in [-0.05, 0) is 39.2 Å². The number of benzene rings is 1. The molecule has 1 aromatic rings. The number of esters is 3. The van der Waals surface area contributed by atoms with Gasteiger partial charge < -0.3 is 37.9 Å². The Hall–Kier alpha value is -3.83. The summed E-state index contributed by atoms with van der Waals surface area (Å²) in [4.78, 5) is 34.9. The predicted octanol–water partition coefficient (Wildman–Crippen LogP) is 4.27. The van der Waals surface area contributed by atoms with E-state index in [1.165, 1.54) is 18.8 Å². The average molecular weight is 593 g/mol. The number of carbonyl (C=O) groups excluding carboxylic acids is 3. The van der Waals surface area contributed by atoms with E-state index in [1.54, 1.807) is 20.8 Å². The van der Waals surface area contributed by atoms with Crippen molar-refractivity contribution in [1.29, 1.82) is 0 Å². The summed E-state index contributed by atoms with van der Waals surface area (Å²) in [6, 6.07) is 9.94. The third kappa shape index (κ3) is 18.5. The first-order valence-electron chi connectivity index (χ1n) is 14.0. The number of carbonyl (C=O) groups is 3. The molecular weight excluding hydrogens is 548 g/mol. The Labute approximate surface area is 248 Å². The van der Waals surface area contributed by atoms with Crippen molar-refractivity contribution in [2.24, 2.45) is 5.41 Å². The van der Waals surface area contributed by atoms with Crippen LogP contribution in [0, 0.1) is 5.41 Å². The van der Waals surface area contributed by atoms with Crippen molar-refractivity contribution in [3.8, 4) is 0 Å². The van der Waals surface area contributed by atoms with Crippen molar-refractivity contribution in [2.75, 3.05) is 59.5 Å². The number of unbranched alkanes of at least 4 members (excludes halogenated alkanes) is 1. The van der Waals surface area contributed by atoms with Crippen LogP contribution >= 0.6 is 0 Å². The van der Waals surface area contributed by atoms with Crippen molar-refractivity contribution in [3.05, 3.63) is 72.9 Å².